The number of nitrogens with one attached hydrogen (secondary N) is 1. The van der Waals surface area contributed by atoms with Gasteiger partial charge in [-0.2, -0.15) is 4.98 Å². The number of hydrogen-bond donors (Lipinski definition) is 3. The molecule has 0 bridgehead atoms. The number of sulfonamides is 1. The summed E-state index contributed by atoms with van der Waals surface area (Å²) >= 11 is 0. The first kappa shape index (κ1) is 26.2. The summed E-state index contributed by atoms with van der Waals surface area (Å²) in [6, 6.07) is 7.67. The number of benzene rings is 2. The molecule has 0 fully saturated rings. The molecule has 2 aromatic carbocycles. The molecule has 1 aromatic heterocycles. The van der Waals surface area contributed by atoms with Crippen molar-refractivity contribution in [3.8, 4) is 16.9 Å². The second kappa shape index (κ2) is 9.56. The summed E-state index contributed by atoms with van der Waals surface area (Å²) in [5, 5.41) is 0. The van der Waals surface area contributed by atoms with Crippen LogP contribution in [-0.2, 0) is 26.8 Å². The lowest BCUT2D eigenvalue weighted by Gasteiger charge is -2.41. The van der Waals surface area contributed by atoms with Crippen LogP contribution >= 0.6 is 0 Å². The number of aryl methyl sites for hydroxylation is 1. The van der Waals surface area contributed by atoms with Crippen molar-refractivity contribution in [3.63, 3.8) is 0 Å². The van der Waals surface area contributed by atoms with Crippen molar-refractivity contribution in [1.82, 2.24) is 14.7 Å². The van der Waals surface area contributed by atoms with Crippen LogP contribution in [0.5, 0.6) is 5.75 Å². The number of hydrogen-bond acceptors (Lipinski definition) is 8. The van der Waals surface area contributed by atoms with E-state index in [0.29, 0.717) is 35.0 Å². The Morgan fingerprint density at radius 2 is 1.78 bits per heavy atom. The first-order chi connectivity index (χ1) is 17.3. The van der Waals surface area contributed by atoms with E-state index in [-0.39, 0.29) is 36.2 Å². The Bertz CT molecular complexity index is 1480. The maximum absolute atomic E-state index is 14.1. The minimum atomic E-state index is -3.55. The summed E-state index contributed by atoms with van der Waals surface area (Å²) < 4.78 is 59.8. The van der Waals surface area contributed by atoms with Gasteiger partial charge in [-0.15, -0.1) is 0 Å². The lowest BCUT2D eigenvalue weighted by molar-refractivity contribution is -0.135. The highest BCUT2D eigenvalue weighted by atomic mass is 32.2. The quantitative estimate of drug-likeness (QED) is 0.419. The molecule has 3 aromatic rings. The molecule has 196 valence electrons. The van der Waals surface area contributed by atoms with Crippen LogP contribution < -0.4 is 25.8 Å². The van der Waals surface area contributed by atoms with Gasteiger partial charge in [0.05, 0.1) is 17.6 Å². The zero-order valence-corrected chi connectivity index (χ0v) is 21.2. The summed E-state index contributed by atoms with van der Waals surface area (Å²) in [4.78, 5) is 23.4. The SMILES string of the molecule is CCc1nc(N)nc(N)c1-c1ccc2c(c1)N(CCNS(C)(=O)=O)C(=O)C(C)(c1cc(F)cc(F)c1)O2. The van der Waals surface area contributed by atoms with Crippen LogP contribution in [0.15, 0.2) is 36.4 Å². The normalized spacial score (nSPS) is 17.4. The van der Waals surface area contributed by atoms with Crippen molar-refractivity contribution in [2.24, 2.45) is 0 Å². The molecule has 4 rings (SSSR count). The van der Waals surface area contributed by atoms with Crippen LogP contribution in [0.4, 0.5) is 26.2 Å². The van der Waals surface area contributed by atoms with Crippen LogP contribution in [-0.4, -0.2) is 43.6 Å². The lowest BCUT2D eigenvalue weighted by atomic mass is 9.91. The van der Waals surface area contributed by atoms with Gasteiger partial charge in [-0.3, -0.25) is 4.79 Å². The lowest BCUT2D eigenvalue weighted by Crippen LogP contribution is -2.54. The standard InChI is InChI=1S/C24H26F2N6O4S/c1-4-17-20(21(27)31-23(28)30-17)13-5-6-19-18(9-13)32(8-7-29-37(3,34)35)22(33)24(2,36-19)14-10-15(25)12-16(26)11-14/h5-6,9-12,29H,4,7-8H2,1-3H3,(H4,27,28,30,31). The zero-order valence-electron chi connectivity index (χ0n) is 20.4. The Morgan fingerprint density at radius 3 is 2.41 bits per heavy atom. The molecule has 13 heteroatoms. The van der Waals surface area contributed by atoms with E-state index in [0.717, 1.165) is 18.4 Å². The molecule has 0 radical (unpaired) electrons. The average molecular weight is 533 g/mol. The fraction of sp³-hybridized carbons (Fsp3) is 0.292. The molecule has 1 atom stereocenters. The molecule has 1 aliphatic rings. The second-order valence-electron chi connectivity index (χ2n) is 8.74. The summed E-state index contributed by atoms with van der Waals surface area (Å²) in [5.74, 6) is -1.97. The molecule has 1 unspecified atom stereocenters. The highest BCUT2D eigenvalue weighted by Gasteiger charge is 2.46. The average Bonchev–Trinajstić information content (AvgIpc) is 2.79. The van der Waals surface area contributed by atoms with E-state index >= 15 is 0 Å². The molecule has 2 heterocycles. The molecule has 0 saturated carbocycles. The van der Waals surface area contributed by atoms with Crippen molar-refractivity contribution in [2.75, 3.05) is 35.7 Å². The Labute approximate surface area is 212 Å². The number of amides is 1. The highest BCUT2D eigenvalue weighted by molar-refractivity contribution is 7.88. The Kier molecular flexibility index (Phi) is 6.78. The van der Waals surface area contributed by atoms with E-state index in [4.69, 9.17) is 16.2 Å². The highest BCUT2D eigenvalue weighted by Crippen LogP contribution is 2.45. The number of rotatable bonds is 7. The van der Waals surface area contributed by atoms with Gasteiger partial charge in [0.25, 0.3) is 5.91 Å². The van der Waals surface area contributed by atoms with Gasteiger partial charge in [-0.1, -0.05) is 13.0 Å². The van der Waals surface area contributed by atoms with Gasteiger partial charge in [0.2, 0.25) is 21.6 Å². The van der Waals surface area contributed by atoms with E-state index in [1.165, 1.54) is 11.8 Å². The van der Waals surface area contributed by atoms with Gasteiger partial charge >= 0.3 is 0 Å². The third kappa shape index (κ3) is 5.18. The fourth-order valence-electron chi connectivity index (χ4n) is 4.29. The van der Waals surface area contributed by atoms with Crippen LogP contribution in [0.3, 0.4) is 0 Å². The first-order valence-corrected chi connectivity index (χ1v) is 13.2. The summed E-state index contributed by atoms with van der Waals surface area (Å²) in [6.45, 7) is 3.07. The van der Waals surface area contributed by atoms with E-state index in [1.807, 2.05) is 6.92 Å². The molecule has 37 heavy (non-hydrogen) atoms. The van der Waals surface area contributed by atoms with Crippen molar-refractivity contribution >= 4 is 33.4 Å². The number of nitrogens with two attached hydrogens (primary N) is 2. The maximum Gasteiger partial charge on any atom is 0.275 e. The van der Waals surface area contributed by atoms with Crippen LogP contribution in [0, 0.1) is 11.6 Å². The smallest absolute Gasteiger partial charge is 0.275 e. The number of anilines is 3. The van der Waals surface area contributed by atoms with Gasteiger partial charge in [0.1, 0.15) is 23.2 Å². The maximum atomic E-state index is 14.1. The molecule has 10 nitrogen and oxygen atoms in total. The van der Waals surface area contributed by atoms with Crippen LogP contribution in [0.25, 0.3) is 11.1 Å². The minimum absolute atomic E-state index is 0.0288. The van der Waals surface area contributed by atoms with E-state index in [2.05, 4.69) is 14.7 Å². The number of nitrogen functional groups attached to an aromatic ring is 2. The van der Waals surface area contributed by atoms with E-state index in [1.54, 1.807) is 18.2 Å². The molecule has 0 aliphatic carbocycles. The third-order valence-corrected chi connectivity index (χ3v) is 6.71. The van der Waals surface area contributed by atoms with Crippen LogP contribution in [0.2, 0.25) is 0 Å². The monoisotopic (exact) mass is 532 g/mol. The van der Waals surface area contributed by atoms with Crippen molar-refractivity contribution in [1.29, 1.82) is 0 Å². The predicted octanol–water partition coefficient (Wildman–Crippen LogP) is 2.34. The van der Waals surface area contributed by atoms with Gasteiger partial charge in [0.15, 0.2) is 0 Å². The number of ether oxygens (including phenoxy) is 1. The summed E-state index contributed by atoms with van der Waals surface area (Å²) in [6.07, 6.45) is 1.50. The van der Waals surface area contributed by atoms with Gasteiger partial charge in [0, 0.05) is 30.3 Å². The number of fused-ring (bicyclic) bond motifs is 1. The minimum Gasteiger partial charge on any atom is -0.471 e. The predicted molar refractivity (Wildman–Crippen MR) is 135 cm³/mol. The first-order valence-electron chi connectivity index (χ1n) is 11.3. The largest absolute Gasteiger partial charge is 0.471 e. The van der Waals surface area contributed by atoms with E-state index in [9.17, 15) is 22.0 Å². The molecule has 1 aliphatic heterocycles. The summed E-state index contributed by atoms with van der Waals surface area (Å²) in [7, 11) is -3.55. The Balaban J connectivity index is 1.85. The Hall–Kier alpha value is -3.84. The van der Waals surface area contributed by atoms with Crippen molar-refractivity contribution < 1.29 is 26.7 Å². The number of halogens is 2. The van der Waals surface area contributed by atoms with Gasteiger partial charge in [-0.25, -0.2) is 26.9 Å². The fourth-order valence-corrected chi connectivity index (χ4v) is 4.76. The molecular weight excluding hydrogens is 506 g/mol. The van der Waals surface area contributed by atoms with Crippen molar-refractivity contribution in [2.45, 2.75) is 25.9 Å². The molecule has 5 N–H and O–H groups in total. The number of aromatic nitrogens is 2. The molecule has 0 saturated heterocycles. The summed E-state index contributed by atoms with van der Waals surface area (Å²) in [5.41, 5.74) is 12.1. The van der Waals surface area contributed by atoms with E-state index < -0.39 is 33.2 Å². The molecule has 0 spiro atoms. The number of nitrogens with zero attached hydrogens (tertiary/aromatic N) is 3. The zero-order chi connectivity index (χ0) is 27.1. The second-order valence-corrected chi connectivity index (χ2v) is 10.6. The molecule has 1 amide bonds. The third-order valence-electron chi connectivity index (χ3n) is 5.98. The number of carbonyl (C=O) groups excluding carboxylic acids is 1. The molecular formula is C24H26F2N6O4S. The van der Waals surface area contributed by atoms with Gasteiger partial charge < -0.3 is 21.1 Å². The number of carbonyl (C=O) groups is 1. The van der Waals surface area contributed by atoms with Crippen molar-refractivity contribution in [3.05, 3.63) is 59.3 Å². The topological polar surface area (TPSA) is 154 Å². The van der Waals surface area contributed by atoms with Crippen LogP contribution in [0.1, 0.15) is 25.1 Å². The Morgan fingerprint density at radius 1 is 1.11 bits per heavy atom. The van der Waals surface area contributed by atoms with Gasteiger partial charge in [-0.05, 0) is 43.2 Å².